The van der Waals surface area contributed by atoms with Gasteiger partial charge in [0, 0.05) is 11.5 Å². The van der Waals surface area contributed by atoms with Gasteiger partial charge in [0.05, 0.1) is 24.4 Å². The van der Waals surface area contributed by atoms with Crippen LogP contribution in [0.1, 0.15) is 31.5 Å². The molecule has 0 aliphatic carbocycles. The van der Waals surface area contributed by atoms with Gasteiger partial charge in [0.1, 0.15) is 6.33 Å². The molecule has 0 bridgehead atoms. The van der Waals surface area contributed by atoms with Crippen LogP contribution in [-0.2, 0) is 6.42 Å². The fourth-order valence-electron chi connectivity index (χ4n) is 2.84. The number of allylic oxidation sites excluding steroid dienone is 1. The summed E-state index contributed by atoms with van der Waals surface area (Å²) in [6, 6.07) is 14.4. The van der Waals surface area contributed by atoms with E-state index in [9.17, 15) is 0 Å². The number of hydrogen-bond donors (Lipinski definition) is 0. The van der Waals surface area contributed by atoms with Gasteiger partial charge in [-0.15, -0.1) is 0 Å². The van der Waals surface area contributed by atoms with E-state index in [-0.39, 0.29) is 0 Å². The first-order valence-corrected chi connectivity index (χ1v) is 9.06. The topological polar surface area (TPSA) is 44.2 Å². The van der Waals surface area contributed by atoms with Gasteiger partial charge in [-0.05, 0) is 44.4 Å². The lowest BCUT2D eigenvalue weighted by Gasteiger charge is -2.12. The highest BCUT2D eigenvalue weighted by Crippen LogP contribution is 2.33. The number of nitrogens with zero attached hydrogens (tertiary/aromatic N) is 2. The largest absolute Gasteiger partial charge is 0.490 e. The van der Waals surface area contributed by atoms with Crippen molar-refractivity contribution >= 4 is 17.0 Å². The average molecular weight is 348 g/mol. The fraction of sp³-hybridized carbons (Fsp3) is 0.273. The molecule has 4 nitrogen and oxygen atoms in total. The standard InChI is InChI=1S/C22H24N2O2/c1-3-25-21-14-18-19(13-9-8-12-17-10-6-5-7-11-17)23-16-24-20(18)15-22(21)26-4-2/h5-7,9-11,13-16H,3-4,8,12H2,1-2H3/b13-9+. The zero-order chi connectivity index (χ0) is 18.2. The van der Waals surface area contributed by atoms with E-state index >= 15 is 0 Å². The highest BCUT2D eigenvalue weighted by atomic mass is 16.5. The third-order valence-electron chi connectivity index (χ3n) is 4.05. The van der Waals surface area contributed by atoms with Crippen LogP contribution in [0.15, 0.2) is 54.9 Å². The van der Waals surface area contributed by atoms with Crippen LogP contribution in [0.5, 0.6) is 11.5 Å². The van der Waals surface area contributed by atoms with E-state index in [0.717, 1.165) is 40.9 Å². The minimum Gasteiger partial charge on any atom is -0.490 e. The van der Waals surface area contributed by atoms with Crippen LogP contribution in [0.2, 0.25) is 0 Å². The Hall–Kier alpha value is -2.88. The summed E-state index contributed by atoms with van der Waals surface area (Å²) < 4.78 is 11.4. The molecule has 1 aromatic heterocycles. The molecule has 2 aromatic carbocycles. The van der Waals surface area contributed by atoms with Gasteiger partial charge in [-0.2, -0.15) is 0 Å². The SMILES string of the molecule is CCOc1cc2ncnc(/C=C/CCc3ccccc3)c2cc1OCC. The van der Waals surface area contributed by atoms with Gasteiger partial charge in [-0.25, -0.2) is 9.97 Å². The second kappa shape index (κ2) is 8.99. The highest BCUT2D eigenvalue weighted by Gasteiger charge is 2.10. The first-order valence-electron chi connectivity index (χ1n) is 9.06. The molecule has 0 fully saturated rings. The molecule has 0 radical (unpaired) electrons. The van der Waals surface area contributed by atoms with Gasteiger partial charge in [0.15, 0.2) is 11.5 Å². The minimum absolute atomic E-state index is 0.585. The predicted octanol–water partition coefficient (Wildman–Crippen LogP) is 5.07. The Morgan fingerprint density at radius 2 is 1.65 bits per heavy atom. The van der Waals surface area contributed by atoms with Crippen molar-refractivity contribution in [3.8, 4) is 11.5 Å². The third kappa shape index (κ3) is 4.39. The van der Waals surface area contributed by atoms with Crippen molar-refractivity contribution in [3.05, 3.63) is 66.1 Å². The Bertz CT molecular complexity index is 876. The molecule has 0 amide bonds. The van der Waals surface area contributed by atoms with E-state index in [1.807, 2.05) is 32.0 Å². The zero-order valence-electron chi connectivity index (χ0n) is 15.3. The van der Waals surface area contributed by atoms with Crippen molar-refractivity contribution in [2.45, 2.75) is 26.7 Å². The van der Waals surface area contributed by atoms with Crippen LogP contribution in [0.25, 0.3) is 17.0 Å². The normalized spacial score (nSPS) is 11.2. The molecule has 1 heterocycles. The maximum absolute atomic E-state index is 5.73. The van der Waals surface area contributed by atoms with Gasteiger partial charge in [-0.3, -0.25) is 0 Å². The van der Waals surface area contributed by atoms with E-state index in [0.29, 0.717) is 13.2 Å². The molecule has 0 unspecified atom stereocenters. The lowest BCUT2D eigenvalue weighted by atomic mass is 10.1. The number of rotatable bonds is 8. The molecule has 0 aliphatic rings. The summed E-state index contributed by atoms with van der Waals surface area (Å²) in [7, 11) is 0. The number of hydrogen-bond acceptors (Lipinski definition) is 4. The molecule has 0 saturated carbocycles. The summed E-state index contributed by atoms with van der Waals surface area (Å²) in [5.41, 5.74) is 3.09. The van der Waals surface area contributed by atoms with Gasteiger partial charge in [0.2, 0.25) is 0 Å². The van der Waals surface area contributed by atoms with Crippen LogP contribution in [0.3, 0.4) is 0 Å². The molecule has 0 spiro atoms. The van der Waals surface area contributed by atoms with Crippen LogP contribution >= 0.6 is 0 Å². The summed E-state index contributed by atoms with van der Waals surface area (Å²) in [4.78, 5) is 8.82. The second-order valence-corrected chi connectivity index (χ2v) is 5.87. The highest BCUT2D eigenvalue weighted by molar-refractivity contribution is 5.88. The van der Waals surface area contributed by atoms with E-state index < -0.39 is 0 Å². The smallest absolute Gasteiger partial charge is 0.163 e. The third-order valence-corrected chi connectivity index (χ3v) is 4.05. The van der Waals surface area contributed by atoms with E-state index in [1.54, 1.807) is 6.33 Å². The average Bonchev–Trinajstić information content (AvgIpc) is 2.67. The maximum atomic E-state index is 5.73. The van der Waals surface area contributed by atoms with Crippen LogP contribution in [0, 0.1) is 0 Å². The predicted molar refractivity (Wildman–Crippen MR) is 106 cm³/mol. The van der Waals surface area contributed by atoms with Gasteiger partial charge >= 0.3 is 0 Å². The molecule has 0 aliphatic heterocycles. The minimum atomic E-state index is 0.585. The molecule has 0 saturated heterocycles. The molecule has 0 N–H and O–H groups in total. The zero-order valence-corrected chi connectivity index (χ0v) is 15.3. The molecule has 134 valence electrons. The fourth-order valence-corrected chi connectivity index (χ4v) is 2.84. The Labute approximate surface area is 154 Å². The number of ether oxygens (including phenoxy) is 2. The Kier molecular flexibility index (Phi) is 6.20. The Morgan fingerprint density at radius 3 is 2.38 bits per heavy atom. The van der Waals surface area contributed by atoms with Crippen molar-refractivity contribution in [1.82, 2.24) is 9.97 Å². The summed E-state index contributed by atoms with van der Waals surface area (Å²) in [5.74, 6) is 1.45. The summed E-state index contributed by atoms with van der Waals surface area (Å²) in [6.45, 7) is 5.09. The monoisotopic (exact) mass is 348 g/mol. The maximum Gasteiger partial charge on any atom is 0.163 e. The van der Waals surface area contributed by atoms with Crippen molar-refractivity contribution < 1.29 is 9.47 Å². The lowest BCUT2D eigenvalue weighted by Crippen LogP contribution is -1.99. The number of benzene rings is 2. The second-order valence-electron chi connectivity index (χ2n) is 5.87. The van der Waals surface area contributed by atoms with Crippen molar-refractivity contribution in [1.29, 1.82) is 0 Å². The Morgan fingerprint density at radius 1 is 0.923 bits per heavy atom. The van der Waals surface area contributed by atoms with Crippen LogP contribution in [-0.4, -0.2) is 23.2 Å². The molecule has 4 heteroatoms. The van der Waals surface area contributed by atoms with Crippen molar-refractivity contribution in [3.63, 3.8) is 0 Å². The Balaban J connectivity index is 1.83. The van der Waals surface area contributed by atoms with Crippen LogP contribution in [0.4, 0.5) is 0 Å². The first kappa shape index (κ1) is 17.9. The van der Waals surface area contributed by atoms with Gasteiger partial charge in [0.25, 0.3) is 0 Å². The summed E-state index contributed by atoms with van der Waals surface area (Å²) in [6.07, 6.45) is 7.79. The quantitative estimate of drug-likeness (QED) is 0.570. The molecule has 26 heavy (non-hydrogen) atoms. The lowest BCUT2D eigenvalue weighted by molar-refractivity contribution is 0.288. The molecular weight excluding hydrogens is 324 g/mol. The van der Waals surface area contributed by atoms with Crippen LogP contribution < -0.4 is 9.47 Å². The number of aryl methyl sites for hydroxylation is 1. The number of fused-ring (bicyclic) bond motifs is 1. The number of aromatic nitrogens is 2. The molecule has 3 aromatic rings. The molecule has 0 atom stereocenters. The van der Waals surface area contributed by atoms with Crippen molar-refractivity contribution in [2.75, 3.05) is 13.2 Å². The summed E-state index contributed by atoms with van der Waals surface area (Å²) >= 11 is 0. The van der Waals surface area contributed by atoms with E-state index in [4.69, 9.17) is 9.47 Å². The molecular formula is C22H24N2O2. The van der Waals surface area contributed by atoms with Crippen molar-refractivity contribution in [2.24, 2.45) is 0 Å². The summed E-state index contributed by atoms with van der Waals surface area (Å²) in [5, 5.41) is 0.968. The molecule has 3 rings (SSSR count). The van der Waals surface area contributed by atoms with Gasteiger partial charge in [-0.1, -0.05) is 36.4 Å². The van der Waals surface area contributed by atoms with E-state index in [2.05, 4.69) is 46.4 Å². The van der Waals surface area contributed by atoms with Gasteiger partial charge < -0.3 is 9.47 Å². The first-order chi connectivity index (χ1) is 12.8. The van der Waals surface area contributed by atoms with E-state index in [1.165, 1.54) is 5.56 Å².